The molecule has 2 aromatic heterocycles. The van der Waals surface area contributed by atoms with Gasteiger partial charge in [0.05, 0.1) is 11.3 Å². The van der Waals surface area contributed by atoms with E-state index >= 15 is 0 Å². The number of hydrogen-bond acceptors (Lipinski definition) is 4. The van der Waals surface area contributed by atoms with Crippen molar-refractivity contribution in [2.75, 3.05) is 5.32 Å². The molecule has 0 aliphatic rings. The summed E-state index contributed by atoms with van der Waals surface area (Å²) in [7, 11) is 0. The predicted molar refractivity (Wildman–Crippen MR) is 95.5 cm³/mol. The third-order valence-corrected chi connectivity index (χ3v) is 3.90. The molecular formula is C19H13FN5O. The molecule has 0 saturated heterocycles. The molecule has 2 N–H and O–H groups in total. The standard InChI is InChI=1S/C19H13FN5O/c20-15-11-13(9-10-14(15)18(21)26)22-19-23-17-8-4-7-16(25(17)24-19)12-5-2-1-3-6-12/h1-11,21H,(H,22,24). The number of carbonyl (C=O) groups excluding carboxylic acids is 1. The van der Waals surface area contributed by atoms with E-state index in [1.165, 1.54) is 12.1 Å². The zero-order chi connectivity index (χ0) is 18.1. The Morgan fingerprint density at radius 2 is 1.85 bits per heavy atom. The van der Waals surface area contributed by atoms with Gasteiger partial charge in [-0.1, -0.05) is 36.4 Å². The molecule has 7 heteroatoms. The minimum atomic E-state index is -1.06. The Bertz CT molecular complexity index is 1110. The van der Waals surface area contributed by atoms with Crippen LogP contribution in [0, 0.1) is 5.82 Å². The Balaban J connectivity index is 1.70. The van der Waals surface area contributed by atoms with Crippen molar-refractivity contribution in [3.8, 4) is 11.3 Å². The van der Waals surface area contributed by atoms with Crippen molar-refractivity contribution in [1.29, 1.82) is 0 Å². The number of nitrogens with zero attached hydrogens (tertiary/aromatic N) is 3. The van der Waals surface area contributed by atoms with E-state index in [4.69, 9.17) is 5.73 Å². The van der Waals surface area contributed by atoms with Gasteiger partial charge >= 0.3 is 0 Å². The molecule has 0 aliphatic heterocycles. The summed E-state index contributed by atoms with van der Waals surface area (Å²) in [5, 5.41) is 7.36. The highest BCUT2D eigenvalue weighted by atomic mass is 19.1. The SMILES string of the molecule is [NH]C(=O)c1ccc(Nc2nc3cccc(-c4ccccc4)n3n2)cc1F. The fourth-order valence-corrected chi connectivity index (χ4v) is 2.69. The molecule has 1 radical (unpaired) electrons. The first-order valence-corrected chi connectivity index (χ1v) is 7.85. The summed E-state index contributed by atoms with van der Waals surface area (Å²) in [6, 6.07) is 19.4. The van der Waals surface area contributed by atoms with E-state index in [9.17, 15) is 9.18 Å². The van der Waals surface area contributed by atoms with E-state index in [0.29, 0.717) is 17.3 Å². The molecule has 0 aliphatic carbocycles. The highest BCUT2D eigenvalue weighted by Gasteiger charge is 2.12. The van der Waals surface area contributed by atoms with Crippen LogP contribution >= 0.6 is 0 Å². The lowest BCUT2D eigenvalue weighted by Gasteiger charge is -2.04. The summed E-state index contributed by atoms with van der Waals surface area (Å²) in [6.07, 6.45) is 0. The normalized spacial score (nSPS) is 10.8. The first kappa shape index (κ1) is 15.8. The van der Waals surface area contributed by atoms with Gasteiger partial charge in [-0.25, -0.2) is 8.91 Å². The van der Waals surface area contributed by atoms with Crippen LogP contribution in [0.2, 0.25) is 0 Å². The van der Waals surface area contributed by atoms with Crippen molar-refractivity contribution in [2.24, 2.45) is 0 Å². The van der Waals surface area contributed by atoms with Gasteiger partial charge in [0, 0.05) is 11.3 Å². The molecule has 4 aromatic rings. The Morgan fingerprint density at radius 1 is 1.04 bits per heavy atom. The highest BCUT2D eigenvalue weighted by molar-refractivity contribution is 5.92. The Hall–Kier alpha value is -3.74. The largest absolute Gasteiger partial charge is 0.323 e. The number of nitrogens with one attached hydrogen (secondary N) is 2. The second-order valence-electron chi connectivity index (χ2n) is 5.63. The maximum absolute atomic E-state index is 13.9. The van der Waals surface area contributed by atoms with E-state index in [-0.39, 0.29) is 5.56 Å². The van der Waals surface area contributed by atoms with Crippen LogP contribution in [0.4, 0.5) is 16.0 Å². The number of pyridine rings is 1. The Labute approximate surface area is 148 Å². The fourth-order valence-electron chi connectivity index (χ4n) is 2.69. The zero-order valence-corrected chi connectivity index (χ0v) is 13.5. The monoisotopic (exact) mass is 346 g/mol. The van der Waals surface area contributed by atoms with Crippen LogP contribution in [0.5, 0.6) is 0 Å². The molecule has 26 heavy (non-hydrogen) atoms. The lowest BCUT2D eigenvalue weighted by Crippen LogP contribution is -2.03. The van der Waals surface area contributed by atoms with E-state index in [2.05, 4.69) is 15.4 Å². The Morgan fingerprint density at radius 3 is 2.58 bits per heavy atom. The van der Waals surface area contributed by atoms with Gasteiger partial charge in [0.15, 0.2) is 5.65 Å². The van der Waals surface area contributed by atoms with Crippen LogP contribution in [0.1, 0.15) is 10.4 Å². The van der Waals surface area contributed by atoms with Crippen molar-refractivity contribution in [3.05, 3.63) is 78.1 Å². The van der Waals surface area contributed by atoms with Crippen LogP contribution in [-0.4, -0.2) is 20.5 Å². The molecule has 4 rings (SSSR count). The first-order valence-electron chi connectivity index (χ1n) is 7.85. The van der Waals surface area contributed by atoms with Crippen LogP contribution in [0.25, 0.3) is 16.9 Å². The first-order chi connectivity index (χ1) is 12.6. The van der Waals surface area contributed by atoms with E-state index in [1.807, 2.05) is 48.5 Å². The van der Waals surface area contributed by atoms with Crippen LogP contribution in [-0.2, 0) is 0 Å². The summed E-state index contributed by atoms with van der Waals surface area (Å²) in [6.45, 7) is 0. The van der Waals surface area contributed by atoms with Gasteiger partial charge in [-0.3, -0.25) is 10.5 Å². The molecule has 0 bridgehead atoms. The number of fused-ring (bicyclic) bond motifs is 1. The summed E-state index contributed by atoms with van der Waals surface area (Å²) in [5.41, 5.74) is 9.65. The minimum Gasteiger partial charge on any atom is -0.323 e. The predicted octanol–water partition coefficient (Wildman–Crippen LogP) is 3.70. The summed E-state index contributed by atoms with van der Waals surface area (Å²) < 4.78 is 15.6. The van der Waals surface area contributed by atoms with Crippen LogP contribution < -0.4 is 11.1 Å². The van der Waals surface area contributed by atoms with E-state index < -0.39 is 11.7 Å². The Kier molecular flexibility index (Phi) is 3.81. The summed E-state index contributed by atoms with van der Waals surface area (Å²) in [5.74, 6) is -1.52. The average Bonchev–Trinajstić information content (AvgIpc) is 3.04. The topological polar surface area (TPSA) is 83.1 Å². The van der Waals surface area contributed by atoms with Crippen molar-refractivity contribution >= 4 is 23.2 Å². The number of amides is 1. The molecule has 127 valence electrons. The highest BCUT2D eigenvalue weighted by Crippen LogP contribution is 2.22. The fraction of sp³-hybridized carbons (Fsp3) is 0. The molecule has 2 aromatic carbocycles. The van der Waals surface area contributed by atoms with Gasteiger partial charge in [0.2, 0.25) is 5.95 Å². The third-order valence-electron chi connectivity index (χ3n) is 3.90. The van der Waals surface area contributed by atoms with Gasteiger partial charge < -0.3 is 5.32 Å². The molecule has 0 spiro atoms. The second kappa shape index (κ2) is 6.29. The molecule has 0 saturated carbocycles. The molecular weight excluding hydrogens is 333 g/mol. The number of halogens is 1. The van der Waals surface area contributed by atoms with Crippen LogP contribution in [0.15, 0.2) is 66.7 Å². The molecule has 0 fully saturated rings. The van der Waals surface area contributed by atoms with Crippen molar-refractivity contribution in [1.82, 2.24) is 20.3 Å². The van der Waals surface area contributed by atoms with Gasteiger partial charge in [-0.15, -0.1) is 5.10 Å². The number of benzene rings is 2. The van der Waals surface area contributed by atoms with Crippen molar-refractivity contribution < 1.29 is 9.18 Å². The minimum absolute atomic E-state index is 0.273. The number of carbonyl (C=O) groups is 1. The molecule has 2 heterocycles. The van der Waals surface area contributed by atoms with Gasteiger partial charge in [-0.2, -0.15) is 4.98 Å². The lowest BCUT2D eigenvalue weighted by atomic mass is 10.1. The number of rotatable bonds is 4. The molecule has 0 atom stereocenters. The number of anilines is 2. The smallest absolute Gasteiger partial charge is 0.272 e. The number of hydrogen-bond donors (Lipinski definition) is 1. The van der Waals surface area contributed by atoms with Gasteiger partial charge in [0.25, 0.3) is 5.91 Å². The van der Waals surface area contributed by atoms with E-state index in [0.717, 1.165) is 17.3 Å². The average molecular weight is 346 g/mol. The lowest BCUT2D eigenvalue weighted by molar-refractivity contribution is 0.0988. The maximum Gasteiger partial charge on any atom is 0.272 e. The summed E-state index contributed by atoms with van der Waals surface area (Å²) >= 11 is 0. The van der Waals surface area contributed by atoms with Crippen LogP contribution in [0.3, 0.4) is 0 Å². The molecule has 0 unspecified atom stereocenters. The van der Waals surface area contributed by atoms with E-state index in [1.54, 1.807) is 4.52 Å². The van der Waals surface area contributed by atoms with Gasteiger partial charge in [0.1, 0.15) is 5.82 Å². The van der Waals surface area contributed by atoms with Crippen molar-refractivity contribution in [3.63, 3.8) is 0 Å². The zero-order valence-electron chi connectivity index (χ0n) is 13.5. The number of aromatic nitrogens is 3. The second-order valence-corrected chi connectivity index (χ2v) is 5.63. The summed E-state index contributed by atoms with van der Waals surface area (Å²) in [4.78, 5) is 15.4. The molecule has 1 amide bonds. The maximum atomic E-state index is 13.9. The third kappa shape index (κ3) is 2.86. The quantitative estimate of drug-likeness (QED) is 0.611. The molecule has 6 nitrogen and oxygen atoms in total. The van der Waals surface area contributed by atoms with Gasteiger partial charge in [-0.05, 0) is 30.3 Å². The van der Waals surface area contributed by atoms with Crippen molar-refractivity contribution in [2.45, 2.75) is 0 Å².